The van der Waals surface area contributed by atoms with Crippen molar-refractivity contribution in [1.82, 2.24) is 25.4 Å². The highest BCUT2D eigenvalue weighted by atomic mass is 16.5. The summed E-state index contributed by atoms with van der Waals surface area (Å²) >= 11 is 0. The molecule has 1 aliphatic rings. The molecule has 126 valence electrons. The highest BCUT2D eigenvalue weighted by Crippen LogP contribution is 2.12. The molecule has 4 N–H and O–H groups in total. The number of rotatable bonds is 6. The van der Waals surface area contributed by atoms with Gasteiger partial charge in [-0.25, -0.2) is 9.78 Å². The molecule has 0 atom stereocenters. The van der Waals surface area contributed by atoms with Crippen molar-refractivity contribution in [2.24, 2.45) is 5.73 Å². The molecule has 0 aliphatic carbocycles. The summed E-state index contributed by atoms with van der Waals surface area (Å²) in [5.41, 5.74) is 4.84. The Balaban J connectivity index is 1.66. The van der Waals surface area contributed by atoms with E-state index in [9.17, 15) is 14.4 Å². The zero-order valence-electron chi connectivity index (χ0n) is 12.7. The smallest absolute Gasteiger partial charge is 0.404 e. The van der Waals surface area contributed by atoms with Crippen LogP contribution in [0.15, 0.2) is 6.33 Å². The second kappa shape index (κ2) is 8.11. The van der Waals surface area contributed by atoms with Crippen molar-refractivity contribution in [3.05, 3.63) is 12.2 Å². The number of hydrogen-bond donors (Lipinski definition) is 3. The number of likely N-dealkylation sites (tertiary alicyclic amines) is 1. The van der Waals surface area contributed by atoms with E-state index >= 15 is 0 Å². The molecule has 0 bridgehead atoms. The fourth-order valence-electron chi connectivity index (χ4n) is 2.40. The molecule has 1 aromatic heterocycles. The molecular weight excluding hydrogens is 304 g/mol. The third-order valence-corrected chi connectivity index (χ3v) is 3.59. The summed E-state index contributed by atoms with van der Waals surface area (Å²) in [4.78, 5) is 39.8. The highest BCUT2D eigenvalue weighted by Gasteiger charge is 2.24. The van der Waals surface area contributed by atoms with Gasteiger partial charge in [-0.05, 0) is 19.3 Å². The summed E-state index contributed by atoms with van der Waals surface area (Å²) in [6, 6.07) is 0.00912. The molecule has 3 amide bonds. The van der Waals surface area contributed by atoms with Gasteiger partial charge in [-0.2, -0.15) is 5.10 Å². The molecular formula is C13H20N6O4. The SMILES string of the molecule is NC(=O)OCCCC(=O)N1CCC(NC(=O)c2ncn[nH]2)CC1. The second-order valence-electron chi connectivity index (χ2n) is 5.23. The number of carbonyl (C=O) groups is 3. The Morgan fingerprint density at radius 1 is 1.39 bits per heavy atom. The standard InChI is InChI=1S/C13H20N6O4/c14-13(22)23-7-1-2-10(20)19-5-3-9(4-6-19)17-12(21)11-15-8-16-18-11/h8-9H,1-7H2,(H2,14,22)(H,17,21)(H,15,16,18). The van der Waals surface area contributed by atoms with Crippen molar-refractivity contribution in [1.29, 1.82) is 0 Å². The molecule has 1 aromatic rings. The molecule has 0 unspecified atom stereocenters. The lowest BCUT2D eigenvalue weighted by atomic mass is 10.0. The van der Waals surface area contributed by atoms with Crippen LogP contribution in [0.1, 0.15) is 36.3 Å². The van der Waals surface area contributed by atoms with E-state index in [0.717, 1.165) is 0 Å². The van der Waals surface area contributed by atoms with E-state index in [-0.39, 0.29) is 30.3 Å². The Hall–Kier alpha value is -2.65. The average Bonchev–Trinajstić information content (AvgIpc) is 3.06. The fraction of sp³-hybridized carbons (Fsp3) is 0.615. The average molecular weight is 324 g/mol. The largest absolute Gasteiger partial charge is 0.450 e. The summed E-state index contributed by atoms with van der Waals surface area (Å²) in [6.07, 6.45) is 2.57. The molecule has 2 heterocycles. The Bertz CT molecular complexity index is 539. The number of amides is 3. The topological polar surface area (TPSA) is 143 Å². The lowest BCUT2D eigenvalue weighted by Crippen LogP contribution is -2.46. The summed E-state index contributed by atoms with van der Waals surface area (Å²) < 4.78 is 4.58. The Kier molecular flexibility index (Phi) is 5.89. The lowest BCUT2D eigenvalue weighted by Gasteiger charge is -2.32. The van der Waals surface area contributed by atoms with E-state index in [1.54, 1.807) is 4.90 Å². The number of nitrogens with one attached hydrogen (secondary N) is 2. The third-order valence-electron chi connectivity index (χ3n) is 3.59. The molecule has 0 saturated carbocycles. The van der Waals surface area contributed by atoms with Crippen LogP contribution in [0.25, 0.3) is 0 Å². The van der Waals surface area contributed by atoms with Gasteiger partial charge in [0.1, 0.15) is 6.33 Å². The Labute approximate surface area is 132 Å². The van der Waals surface area contributed by atoms with E-state index in [1.165, 1.54) is 6.33 Å². The van der Waals surface area contributed by atoms with Crippen molar-refractivity contribution in [2.45, 2.75) is 31.7 Å². The van der Waals surface area contributed by atoms with E-state index in [1.807, 2.05) is 0 Å². The quantitative estimate of drug-likeness (QED) is 0.596. The number of primary amides is 1. The minimum atomic E-state index is -0.833. The third kappa shape index (κ3) is 5.24. The van der Waals surface area contributed by atoms with Crippen molar-refractivity contribution in [3.63, 3.8) is 0 Å². The van der Waals surface area contributed by atoms with Gasteiger partial charge in [0.15, 0.2) is 0 Å². The van der Waals surface area contributed by atoms with Crippen LogP contribution in [0.4, 0.5) is 4.79 Å². The number of ether oxygens (including phenoxy) is 1. The molecule has 2 rings (SSSR count). The van der Waals surface area contributed by atoms with Gasteiger partial charge in [0.25, 0.3) is 5.91 Å². The normalized spacial score (nSPS) is 15.2. The van der Waals surface area contributed by atoms with E-state index in [2.05, 4.69) is 25.2 Å². The minimum Gasteiger partial charge on any atom is -0.450 e. The summed E-state index contributed by atoms with van der Waals surface area (Å²) in [5, 5.41) is 9.00. The molecule has 23 heavy (non-hydrogen) atoms. The molecule has 10 heteroatoms. The Morgan fingerprint density at radius 2 is 2.13 bits per heavy atom. The van der Waals surface area contributed by atoms with Gasteiger partial charge in [0, 0.05) is 25.6 Å². The number of piperidine rings is 1. The number of aromatic nitrogens is 3. The maximum Gasteiger partial charge on any atom is 0.404 e. The van der Waals surface area contributed by atoms with Crippen molar-refractivity contribution >= 4 is 17.9 Å². The lowest BCUT2D eigenvalue weighted by molar-refractivity contribution is -0.132. The first-order valence-corrected chi connectivity index (χ1v) is 7.42. The van der Waals surface area contributed by atoms with Crippen LogP contribution in [0, 0.1) is 0 Å². The molecule has 10 nitrogen and oxygen atoms in total. The zero-order chi connectivity index (χ0) is 16.7. The first-order valence-electron chi connectivity index (χ1n) is 7.42. The van der Waals surface area contributed by atoms with E-state index in [0.29, 0.717) is 38.8 Å². The number of hydrogen-bond acceptors (Lipinski definition) is 6. The van der Waals surface area contributed by atoms with Crippen LogP contribution >= 0.6 is 0 Å². The number of nitrogens with two attached hydrogens (primary N) is 1. The van der Waals surface area contributed by atoms with Gasteiger partial charge in [0.05, 0.1) is 6.61 Å². The maximum absolute atomic E-state index is 12.0. The van der Waals surface area contributed by atoms with Crippen LogP contribution in [-0.2, 0) is 9.53 Å². The number of nitrogens with zero attached hydrogens (tertiary/aromatic N) is 3. The number of carbonyl (C=O) groups excluding carboxylic acids is 3. The van der Waals surface area contributed by atoms with Gasteiger partial charge < -0.3 is 20.7 Å². The molecule has 1 aliphatic heterocycles. The summed E-state index contributed by atoms with van der Waals surface area (Å²) in [7, 11) is 0. The van der Waals surface area contributed by atoms with Crippen LogP contribution in [0.2, 0.25) is 0 Å². The van der Waals surface area contributed by atoms with Gasteiger partial charge >= 0.3 is 6.09 Å². The number of aromatic amines is 1. The summed E-state index contributed by atoms with van der Waals surface area (Å²) in [6.45, 7) is 1.30. The first kappa shape index (κ1) is 16.7. The first-order chi connectivity index (χ1) is 11.1. The van der Waals surface area contributed by atoms with Crippen molar-refractivity contribution < 1.29 is 19.1 Å². The van der Waals surface area contributed by atoms with Gasteiger partial charge in [0.2, 0.25) is 11.7 Å². The van der Waals surface area contributed by atoms with Gasteiger partial charge in [-0.1, -0.05) is 0 Å². The monoisotopic (exact) mass is 324 g/mol. The van der Waals surface area contributed by atoms with E-state index < -0.39 is 6.09 Å². The predicted molar refractivity (Wildman–Crippen MR) is 78.2 cm³/mol. The van der Waals surface area contributed by atoms with Crippen LogP contribution < -0.4 is 11.1 Å². The Morgan fingerprint density at radius 3 is 2.74 bits per heavy atom. The van der Waals surface area contributed by atoms with Crippen molar-refractivity contribution in [2.75, 3.05) is 19.7 Å². The zero-order valence-corrected chi connectivity index (χ0v) is 12.7. The van der Waals surface area contributed by atoms with Crippen LogP contribution in [-0.4, -0.2) is 63.7 Å². The maximum atomic E-state index is 12.0. The number of H-pyrrole nitrogens is 1. The minimum absolute atomic E-state index is 0.00912. The van der Waals surface area contributed by atoms with E-state index in [4.69, 9.17) is 5.73 Å². The second-order valence-corrected chi connectivity index (χ2v) is 5.23. The molecule has 0 aromatic carbocycles. The molecule has 0 radical (unpaired) electrons. The van der Waals surface area contributed by atoms with Crippen LogP contribution in [0.5, 0.6) is 0 Å². The van der Waals surface area contributed by atoms with Crippen LogP contribution in [0.3, 0.4) is 0 Å². The van der Waals surface area contributed by atoms with Gasteiger partial charge in [-0.3, -0.25) is 14.7 Å². The molecule has 1 fully saturated rings. The molecule has 0 spiro atoms. The van der Waals surface area contributed by atoms with Crippen molar-refractivity contribution in [3.8, 4) is 0 Å². The van der Waals surface area contributed by atoms with Gasteiger partial charge in [-0.15, -0.1) is 0 Å². The predicted octanol–water partition coefficient (Wildman–Crippen LogP) is -0.599. The fourth-order valence-corrected chi connectivity index (χ4v) is 2.40. The molecule has 1 saturated heterocycles. The highest BCUT2D eigenvalue weighted by molar-refractivity contribution is 5.90. The summed E-state index contributed by atoms with van der Waals surface area (Å²) in [5.74, 6) is -0.105.